The Kier molecular flexibility index (Phi) is 4.03. The minimum absolute atomic E-state index is 0.213. The Bertz CT molecular complexity index is 1420. The van der Waals surface area contributed by atoms with Gasteiger partial charge in [-0.2, -0.15) is 9.61 Å². The van der Waals surface area contributed by atoms with Crippen molar-refractivity contribution in [2.45, 2.75) is 24.7 Å². The number of hydrogen-bond acceptors (Lipinski definition) is 6. The van der Waals surface area contributed by atoms with Crippen molar-refractivity contribution >= 4 is 33.4 Å². The average molecular weight is 413 g/mol. The molecule has 0 saturated heterocycles. The van der Waals surface area contributed by atoms with Gasteiger partial charge in [0.2, 0.25) is 0 Å². The van der Waals surface area contributed by atoms with Gasteiger partial charge in [-0.25, -0.2) is 4.98 Å². The van der Waals surface area contributed by atoms with E-state index in [1.165, 1.54) is 0 Å². The van der Waals surface area contributed by atoms with Gasteiger partial charge in [-0.05, 0) is 49.6 Å². The summed E-state index contributed by atoms with van der Waals surface area (Å²) in [6, 6.07) is 17.5. The zero-order chi connectivity index (χ0) is 21.1. The highest BCUT2D eigenvalue weighted by Crippen LogP contribution is 2.33. The minimum Gasteiger partial charge on any atom is -0.456 e. The second-order valence-corrected chi connectivity index (χ2v) is 8.17. The molecule has 0 bridgehead atoms. The molecule has 1 saturated carbocycles. The molecule has 5 aromatic rings. The van der Waals surface area contributed by atoms with E-state index in [-0.39, 0.29) is 12.0 Å². The fourth-order valence-electron chi connectivity index (χ4n) is 4.49. The molecule has 0 amide bonds. The summed E-state index contributed by atoms with van der Waals surface area (Å²) in [7, 11) is 0. The topological polar surface area (TPSA) is 95.8 Å². The number of nitrogens with zero attached hydrogens (tertiary/aromatic N) is 3. The maximum Gasteiger partial charge on any atom is 0.157 e. The van der Waals surface area contributed by atoms with E-state index in [1.807, 2.05) is 42.5 Å². The van der Waals surface area contributed by atoms with E-state index in [1.54, 1.807) is 10.7 Å². The first-order valence-corrected chi connectivity index (χ1v) is 10.3. The van der Waals surface area contributed by atoms with Gasteiger partial charge in [0.15, 0.2) is 5.65 Å². The van der Waals surface area contributed by atoms with Crippen LogP contribution in [0.5, 0.6) is 0 Å². The lowest BCUT2D eigenvalue weighted by Gasteiger charge is -2.19. The van der Waals surface area contributed by atoms with Crippen molar-refractivity contribution in [1.82, 2.24) is 14.6 Å². The van der Waals surface area contributed by atoms with Crippen molar-refractivity contribution in [2.75, 3.05) is 5.32 Å². The summed E-state index contributed by atoms with van der Waals surface area (Å²) in [5, 5.41) is 30.5. The van der Waals surface area contributed by atoms with Gasteiger partial charge in [0.25, 0.3) is 0 Å². The molecule has 7 heteroatoms. The van der Waals surface area contributed by atoms with Gasteiger partial charge in [0, 0.05) is 28.6 Å². The normalized spacial score (nSPS) is 23.8. The van der Waals surface area contributed by atoms with Gasteiger partial charge < -0.3 is 19.9 Å². The molecule has 0 unspecified atom stereocenters. The molecule has 0 aliphatic heterocycles. The Morgan fingerprint density at radius 1 is 1.00 bits per heavy atom. The fraction of sp³-hybridized carbons (Fsp3) is 0.208. The third-order valence-electron chi connectivity index (χ3n) is 6.17. The van der Waals surface area contributed by atoms with Crippen LogP contribution in [0.4, 0.5) is 5.82 Å². The van der Waals surface area contributed by atoms with Crippen molar-refractivity contribution in [3.63, 3.8) is 0 Å². The van der Waals surface area contributed by atoms with E-state index < -0.39 is 12.2 Å². The first kappa shape index (κ1) is 18.4. The number of anilines is 1. The van der Waals surface area contributed by atoms with Gasteiger partial charge in [-0.15, -0.1) is 0 Å². The summed E-state index contributed by atoms with van der Waals surface area (Å²) < 4.78 is 7.65. The van der Waals surface area contributed by atoms with Gasteiger partial charge >= 0.3 is 0 Å². The standard InChI is InChI=1S/C24H21N4O3/c1-13-10-18(24(30)23(13)29)26-21-8-9-25-22-12-17(27-28(21)22)14-6-7-20-16(11-14)15-4-2-3-5-19(15)31-20/h2-9,11-13,18,23-24,26,29-30H,1,10H2/t13-,18-,23-,24+/m1/s1. The van der Waals surface area contributed by atoms with Crippen LogP contribution in [0.1, 0.15) is 6.42 Å². The molecule has 3 heterocycles. The van der Waals surface area contributed by atoms with E-state index in [2.05, 4.69) is 29.4 Å². The molecule has 31 heavy (non-hydrogen) atoms. The molecule has 2 aromatic carbocycles. The Morgan fingerprint density at radius 2 is 1.84 bits per heavy atom. The molecule has 7 nitrogen and oxygen atoms in total. The summed E-state index contributed by atoms with van der Waals surface area (Å²) in [5.74, 6) is 0.492. The summed E-state index contributed by atoms with van der Waals surface area (Å²) in [5.41, 5.74) is 4.14. The third-order valence-corrected chi connectivity index (χ3v) is 6.17. The summed E-state index contributed by atoms with van der Waals surface area (Å²) in [6.45, 7) is 3.92. The zero-order valence-corrected chi connectivity index (χ0v) is 16.6. The Hall–Kier alpha value is -3.42. The van der Waals surface area contributed by atoms with E-state index >= 15 is 0 Å². The lowest BCUT2D eigenvalue weighted by molar-refractivity contribution is 0.0256. The first-order chi connectivity index (χ1) is 15.1. The Morgan fingerprint density at radius 3 is 2.68 bits per heavy atom. The molecule has 1 fully saturated rings. The third kappa shape index (κ3) is 2.89. The number of nitrogens with one attached hydrogen (secondary N) is 1. The van der Waals surface area contributed by atoms with Crippen LogP contribution in [0.15, 0.2) is 65.2 Å². The van der Waals surface area contributed by atoms with Crippen LogP contribution in [0.3, 0.4) is 0 Å². The Balaban J connectivity index is 1.40. The molecule has 1 radical (unpaired) electrons. The number of aliphatic hydroxyl groups is 2. The number of aromatic nitrogens is 3. The molecule has 3 aromatic heterocycles. The molecule has 1 aliphatic carbocycles. The van der Waals surface area contributed by atoms with Crippen LogP contribution >= 0.6 is 0 Å². The number of aliphatic hydroxyl groups excluding tert-OH is 2. The largest absolute Gasteiger partial charge is 0.456 e. The summed E-state index contributed by atoms with van der Waals surface area (Å²) in [6.07, 6.45) is 0.567. The highest BCUT2D eigenvalue weighted by molar-refractivity contribution is 6.06. The predicted molar refractivity (Wildman–Crippen MR) is 119 cm³/mol. The number of fused-ring (bicyclic) bond motifs is 4. The van der Waals surface area contributed by atoms with Crippen molar-refractivity contribution in [3.8, 4) is 11.3 Å². The Labute approximate surface area is 177 Å². The van der Waals surface area contributed by atoms with E-state index in [9.17, 15) is 10.2 Å². The molecule has 155 valence electrons. The SMILES string of the molecule is [CH2][C@@H]1C[C@@H](Nc2ccnc3cc(-c4ccc5oc6ccccc6c5c4)nn23)[C@H](O)[C@@H]1O. The van der Waals surface area contributed by atoms with Crippen molar-refractivity contribution in [3.05, 3.63) is 67.7 Å². The van der Waals surface area contributed by atoms with Crippen LogP contribution in [-0.4, -0.2) is 43.1 Å². The van der Waals surface area contributed by atoms with Gasteiger partial charge in [-0.3, -0.25) is 0 Å². The molecular formula is C24H21N4O3. The summed E-state index contributed by atoms with van der Waals surface area (Å²) >= 11 is 0. The van der Waals surface area contributed by atoms with E-state index in [0.717, 1.165) is 33.2 Å². The van der Waals surface area contributed by atoms with Gasteiger partial charge in [0.05, 0.1) is 17.8 Å². The number of para-hydroxylation sites is 1. The van der Waals surface area contributed by atoms with Crippen LogP contribution in [0.2, 0.25) is 0 Å². The molecule has 3 N–H and O–H groups in total. The minimum atomic E-state index is -0.877. The number of furan rings is 1. The maximum absolute atomic E-state index is 10.3. The number of rotatable bonds is 3. The quantitative estimate of drug-likeness (QED) is 0.418. The zero-order valence-electron chi connectivity index (χ0n) is 16.6. The van der Waals surface area contributed by atoms with E-state index in [4.69, 9.17) is 9.52 Å². The van der Waals surface area contributed by atoms with Gasteiger partial charge in [0.1, 0.15) is 23.1 Å². The lowest BCUT2D eigenvalue weighted by atomic mass is 10.1. The van der Waals surface area contributed by atoms with Crippen LogP contribution in [-0.2, 0) is 0 Å². The molecule has 4 atom stereocenters. The lowest BCUT2D eigenvalue weighted by Crippen LogP contribution is -2.35. The first-order valence-electron chi connectivity index (χ1n) is 10.3. The highest BCUT2D eigenvalue weighted by Gasteiger charge is 2.39. The second-order valence-electron chi connectivity index (χ2n) is 8.17. The van der Waals surface area contributed by atoms with Crippen molar-refractivity contribution < 1.29 is 14.6 Å². The van der Waals surface area contributed by atoms with Crippen molar-refractivity contribution in [1.29, 1.82) is 0 Å². The van der Waals surface area contributed by atoms with E-state index in [0.29, 0.717) is 17.9 Å². The average Bonchev–Trinajstić information content (AvgIpc) is 3.45. The number of hydrogen-bond donors (Lipinski definition) is 3. The molecule has 0 spiro atoms. The fourth-order valence-corrected chi connectivity index (χ4v) is 4.49. The van der Waals surface area contributed by atoms with Gasteiger partial charge in [-0.1, -0.05) is 18.2 Å². The van der Waals surface area contributed by atoms with Crippen LogP contribution in [0.25, 0.3) is 38.8 Å². The van der Waals surface area contributed by atoms with Crippen LogP contribution in [0, 0.1) is 12.8 Å². The molecule has 1 aliphatic rings. The monoisotopic (exact) mass is 413 g/mol. The maximum atomic E-state index is 10.3. The smallest absolute Gasteiger partial charge is 0.157 e. The molecule has 6 rings (SSSR count). The number of benzene rings is 2. The van der Waals surface area contributed by atoms with Crippen molar-refractivity contribution in [2.24, 2.45) is 5.92 Å². The second kappa shape index (κ2) is 6.80. The highest BCUT2D eigenvalue weighted by atomic mass is 16.3. The molecular weight excluding hydrogens is 392 g/mol. The summed E-state index contributed by atoms with van der Waals surface area (Å²) in [4.78, 5) is 4.43. The van der Waals surface area contributed by atoms with Crippen LogP contribution < -0.4 is 5.32 Å². The predicted octanol–water partition coefficient (Wildman–Crippen LogP) is 3.65.